The number of hydrogen-bond acceptors (Lipinski definition) is 1. The van der Waals surface area contributed by atoms with Crippen molar-refractivity contribution in [3.8, 4) is 0 Å². The molecule has 0 heterocycles. The molecular formula is C11H13BrF2O. The molecule has 84 valence electrons. The van der Waals surface area contributed by atoms with Gasteiger partial charge < -0.3 is 5.11 Å². The van der Waals surface area contributed by atoms with Crippen molar-refractivity contribution in [3.63, 3.8) is 0 Å². The molecule has 0 spiro atoms. The van der Waals surface area contributed by atoms with Gasteiger partial charge in [-0.1, -0.05) is 6.92 Å². The molecule has 0 fully saturated rings. The van der Waals surface area contributed by atoms with Gasteiger partial charge in [-0.05, 0) is 47.3 Å². The number of hydrogen-bond donors (Lipinski definition) is 1. The van der Waals surface area contributed by atoms with Crippen LogP contribution < -0.4 is 0 Å². The molecular weight excluding hydrogens is 266 g/mol. The summed E-state index contributed by atoms with van der Waals surface area (Å²) in [5, 5.41) is 9.31. The van der Waals surface area contributed by atoms with Gasteiger partial charge in [-0.25, -0.2) is 8.78 Å². The van der Waals surface area contributed by atoms with Crippen LogP contribution in [0.4, 0.5) is 8.78 Å². The number of aliphatic hydroxyl groups is 1. The van der Waals surface area contributed by atoms with Crippen molar-refractivity contribution in [2.45, 2.75) is 32.3 Å². The standard InChI is InChI=1S/C11H13BrF2O/c1-2-7(15)3-4-8-10(13)6-5-9(12)11(8)14/h5-7,15H,2-4H2,1H3. The van der Waals surface area contributed by atoms with E-state index in [9.17, 15) is 13.9 Å². The first kappa shape index (κ1) is 12.6. The SMILES string of the molecule is CCC(O)CCc1c(F)ccc(Br)c1F. The van der Waals surface area contributed by atoms with Gasteiger partial charge in [-0.3, -0.25) is 0 Å². The van der Waals surface area contributed by atoms with Crippen LogP contribution in [0.5, 0.6) is 0 Å². The van der Waals surface area contributed by atoms with E-state index in [2.05, 4.69) is 15.9 Å². The highest BCUT2D eigenvalue weighted by molar-refractivity contribution is 9.10. The van der Waals surface area contributed by atoms with Gasteiger partial charge in [0.1, 0.15) is 11.6 Å². The lowest BCUT2D eigenvalue weighted by molar-refractivity contribution is 0.160. The predicted molar refractivity (Wildman–Crippen MR) is 58.7 cm³/mol. The molecule has 0 aromatic heterocycles. The minimum Gasteiger partial charge on any atom is -0.393 e. The first-order valence-electron chi connectivity index (χ1n) is 4.86. The zero-order valence-corrected chi connectivity index (χ0v) is 10.0. The zero-order valence-electron chi connectivity index (χ0n) is 8.43. The number of halogens is 3. The molecule has 0 radical (unpaired) electrons. The molecule has 0 saturated carbocycles. The zero-order chi connectivity index (χ0) is 11.4. The second kappa shape index (κ2) is 5.56. The maximum absolute atomic E-state index is 13.4. The van der Waals surface area contributed by atoms with E-state index in [4.69, 9.17) is 0 Å². The molecule has 0 aliphatic carbocycles. The van der Waals surface area contributed by atoms with Crippen LogP contribution in [0.25, 0.3) is 0 Å². The van der Waals surface area contributed by atoms with E-state index in [-0.39, 0.29) is 16.5 Å². The fraction of sp³-hybridized carbons (Fsp3) is 0.455. The molecule has 1 unspecified atom stereocenters. The van der Waals surface area contributed by atoms with Crippen LogP contribution in [0, 0.1) is 11.6 Å². The number of aliphatic hydroxyl groups excluding tert-OH is 1. The summed E-state index contributed by atoms with van der Waals surface area (Å²) < 4.78 is 26.9. The molecule has 0 amide bonds. The normalized spacial score (nSPS) is 12.9. The average molecular weight is 279 g/mol. The fourth-order valence-electron chi connectivity index (χ4n) is 1.31. The summed E-state index contributed by atoms with van der Waals surface area (Å²) in [5.41, 5.74) is 0.0388. The van der Waals surface area contributed by atoms with Crippen LogP contribution in [-0.4, -0.2) is 11.2 Å². The second-order valence-corrected chi connectivity index (χ2v) is 4.28. The third kappa shape index (κ3) is 3.24. The molecule has 1 rings (SSSR count). The van der Waals surface area contributed by atoms with E-state index in [0.29, 0.717) is 12.8 Å². The molecule has 1 atom stereocenters. The Bertz CT molecular complexity index is 342. The highest BCUT2D eigenvalue weighted by atomic mass is 79.9. The van der Waals surface area contributed by atoms with Gasteiger partial charge in [-0.2, -0.15) is 0 Å². The monoisotopic (exact) mass is 278 g/mol. The minimum absolute atomic E-state index is 0.0388. The van der Waals surface area contributed by atoms with E-state index in [0.717, 1.165) is 0 Å². The summed E-state index contributed by atoms with van der Waals surface area (Å²) in [4.78, 5) is 0. The molecule has 1 N–H and O–H groups in total. The van der Waals surface area contributed by atoms with Gasteiger partial charge in [0, 0.05) is 5.56 Å². The largest absolute Gasteiger partial charge is 0.393 e. The van der Waals surface area contributed by atoms with Crippen molar-refractivity contribution in [3.05, 3.63) is 33.8 Å². The van der Waals surface area contributed by atoms with Crippen LogP contribution in [0.2, 0.25) is 0 Å². The third-order valence-corrected chi connectivity index (χ3v) is 2.95. The van der Waals surface area contributed by atoms with Crippen LogP contribution in [0.1, 0.15) is 25.3 Å². The Morgan fingerprint density at radius 1 is 1.40 bits per heavy atom. The highest BCUT2D eigenvalue weighted by Crippen LogP contribution is 2.23. The molecule has 4 heteroatoms. The van der Waals surface area contributed by atoms with Gasteiger partial charge in [0.25, 0.3) is 0 Å². The summed E-state index contributed by atoms with van der Waals surface area (Å²) in [6.07, 6.45) is 0.687. The quantitative estimate of drug-likeness (QED) is 0.837. The van der Waals surface area contributed by atoms with Gasteiger partial charge >= 0.3 is 0 Å². The number of rotatable bonds is 4. The van der Waals surface area contributed by atoms with Crippen LogP contribution in [-0.2, 0) is 6.42 Å². The van der Waals surface area contributed by atoms with E-state index in [1.807, 2.05) is 6.92 Å². The third-order valence-electron chi connectivity index (χ3n) is 2.34. The Balaban J connectivity index is 2.80. The topological polar surface area (TPSA) is 20.2 Å². The summed E-state index contributed by atoms with van der Waals surface area (Å²) in [7, 11) is 0. The molecule has 1 aromatic rings. The van der Waals surface area contributed by atoms with Crippen LogP contribution >= 0.6 is 15.9 Å². The second-order valence-electron chi connectivity index (χ2n) is 3.42. The maximum atomic E-state index is 13.4. The van der Waals surface area contributed by atoms with Crippen LogP contribution in [0.3, 0.4) is 0 Å². The Hall–Kier alpha value is -0.480. The van der Waals surface area contributed by atoms with E-state index in [1.54, 1.807) is 0 Å². The Labute approximate surface area is 96.2 Å². The van der Waals surface area contributed by atoms with Crippen molar-refractivity contribution in [1.29, 1.82) is 0 Å². The fourth-order valence-corrected chi connectivity index (χ4v) is 1.68. The first-order valence-corrected chi connectivity index (χ1v) is 5.66. The smallest absolute Gasteiger partial charge is 0.143 e. The lowest BCUT2D eigenvalue weighted by atomic mass is 10.0. The average Bonchev–Trinajstić information content (AvgIpc) is 2.23. The van der Waals surface area contributed by atoms with Gasteiger partial charge in [0.05, 0.1) is 10.6 Å². The van der Waals surface area contributed by atoms with Gasteiger partial charge in [-0.15, -0.1) is 0 Å². The van der Waals surface area contributed by atoms with E-state index < -0.39 is 17.7 Å². The van der Waals surface area contributed by atoms with Crippen LogP contribution in [0.15, 0.2) is 16.6 Å². The van der Waals surface area contributed by atoms with E-state index in [1.165, 1.54) is 12.1 Å². The van der Waals surface area contributed by atoms with Gasteiger partial charge in [0.2, 0.25) is 0 Å². The summed E-state index contributed by atoms with van der Waals surface area (Å²) in [5.74, 6) is -1.13. The molecule has 0 saturated heterocycles. The van der Waals surface area contributed by atoms with Crippen molar-refractivity contribution in [2.75, 3.05) is 0 Å². The highest BCUT2D eigenvalue weighted by Gasteiger charge is 2.13. The summed E-state index contributed by atoms with van der Waals surface area (Å²) in [6, 6.07) is 2.56. The lowest BCUT2D eigenvalue weighted by Crippen LogP contribution is -2.08. The molecule has 1 nitrogen and oxygen atoms in total. The Kier molecular flexibility index (Phi) is 4.67. The van der Waals surface area contributed by atoms with Crippen molar-refractivity contribution < 1.29 is 13.9 Å². The van der Waals surface area contributed by atoms with E-state index >= 15 is 0 Å². The molecule has 1 aromatic carbocycles. The molecule has 0 aliphatic heterocycles. The molecule has 0 aliphatic rings. The minimum atomic E-state index is -0.571. The van der Waals surface area contributed by atoms with Crippen molar-refractivity contribution in [1.82, 2.24) is 0 Å². The predicted octanol–water partition coefficient (Wildman–Crippen LogP) is 3.43. The van der Waals surface area contributed by atoms with Crippen molar-refractivity contribution in [2.24, 2.45) is 0 Å². The Morgan fingerprint density at radius 2 is 2.07 bits per heavy atom. The molecule has 15 heavy (non-hydrogen) atoms. The lowest BCUT2D eigenvalue weighted by Gasteiger charge is -2.09. The maximum Gasteiger partial charge on any atom is 0.143 e. The van der Waals surface area contributed by atoms with Gasteiger partial charge in [0.15, 0.2) is 0 Å². The summed E-state index contributed by atoms with van der Waals surface area (Å²) in [6.45, 7) is 1.83. The first-order chi connectivity index (χ1) is 7.06. The van der Waals surface area contributed by atoms with Crippen molar-refractivity contribution >= 4 is 15.9 Å². The Morgan fingerprint density at radius 3 is 2.67 bits per heavy atom. The molecule has 0 bridgehead atoms. The number of benzene rings is 1. The summed E-state index contributed by atoms with van der Waals surface area (Å²) >= 11 is 3.00.